The molecule has 0 aliphatic rings. The molecule has 0 saturated heterocycles. The highest BCUT2D eigenvalue weighted by atomic mass is 32.1. The molecule has 8 rings (SSSR count). The summed E-state index contributed by atoms with van der Waals surface area (Å²) in [4.78, 5) is 9.03. The number of benzene rings is 6. The van der Waals surface area contributed by atoms with Crippen LogP contribution in [0.2, 0.25) is 0 Å². The van der Waals surface area contributed by atoms with Crippen LogP contribution >= 0.6 is 22.7 Å². The molecule has 0 fully saturated rings. The molecule has 0 unspecified atom stereocenters. The molecule has 0 amide bonds. The summed E-state index contributed by atoms with van der Waals surface area (Å²) < 4.78 is 0. The molecule has 0 spiro atoms. The van der Waals surface area contributed by atoms with E-state index < -0.39 is 0 Å². The highest BCUT2D eigenvalue weighted by Crippen LogP contribution is 2.45. The van der Waals surface area contributed by atoms with Gasteiger partial charge in [-0.2, -0.15) is 0 Å². The highest BCUT2D eigenvalue weighted by Gasteiger charge is 2.18. The Morgan fingerprint density at radius 1 is 0.357 bits per heavy atom. The minimum atomic E-state index is 1.04. The van der Waals surface area contributed by atoms with Gasteiger partial charge >= 0.3 is 0 Å². The van der Waals surface area contributed by atoms with Crippen molar-refractivity contribution in [2.45, 2.75) is 0 Å². The van der Waals surface area contributed by atoms with Gasteiger partial charge in [0.05, 0.1) is 0 Å². The summed E-state index contributed by atoms with van der Waals surface area (Å²) in [5, 5.41) is 11.1. The first kappa shape index (κ1) is 24.9. The largest absolute Gasteiger partial charge is 0.245 e. The standard InChI is InChI=1S/C38H24N2S2/c1-2-6-25(7-3-1)30-18-19-33-34(24-30)36(27-12-16-29(17-13-27)38-40-21-23-42-38)32-9-5-4-8-31(32)35(33)26-10-14-28(15-11-26)37-39-20-22-41-37/h1-24H. The summed E-state index contributed by atoms with van der Waals surface area (Å²) in [6.07, 6.45) is 3.73. The van der Waals surface area contributed by atoms with Crippen molar-refractivity contribution in [3.8, 4) is 54.5 Å². The number of hydrogen-bond acceptors (Lipinski definition) is 4. The van der Waals surface area contributed by atoms with Crippen LogP contribution in [0.25, 0.3) is 76.1 Å². The van der Waals surface area contributed by atoms with Gasteiger partial charge in [0.15, 0.2) is 0 Å². The highest BCUT2D eigenvalue weighted by molar-refractivity contribution is 7.13. The Labute approximate surface area is 252 Å². The lowest BCUT2D eigenvalue weighted by Crippen LogP contribution is -1.92. The molecule has 2 nitrogen and oxygen atoms in total. The van der Waals surface area contributed by atoms with Crippen molar-refractivity contribution in [3.05, 3.63) is 144 Å². The summed E-state index contributed by atoms with van der Waals surface area (Å²) in [7, 11) is 0. The van der Waals surface area contributed by atoms with E-state index in [2.05, 4.69) is 131 Å². The topological polar surface area (TPSA) is 25.8 Å². The molecule has 6 aromatic carbocycles. The van der Waals surface area contributed by atoms with Crippen molar-refractivity contribution in [1.29, 1.82) is 0 Å². The first-order chi connectivity index (χ1) is 20.8. The molecule has 0 aliphatic carbocycles. The fourth-order valence-electron chi connectivity index (χ4n) is 5.90. The van der Waals surface area contributed by atoms with E-state index in [1.165, 1.54) is 54.9 Å². The monoisotopic (exact) mass is 572 g/mol. The van der Waals surface area contributed by atoms with Crippen LogP contribution in [0.4, 0.5) is 0 Å². The maximum atomic E-state index is 4.52. The second-order valence-electron chi connectivity index (χ2n) is 10.3. The zero-order chi connectivity index (χ0) is 27.9. The van der Waals surface area contributed by atoms with Crippen molar-refractivity contribution in [3.63, 3.8) is 0 Å². The fourth-order valence-corrected chi connectivity index (χ4v) is 7.19. The number of hydrogen-bond donors (Lipinski definition) is 0. The van der Waals surface area contributed by atoms with Crippen LogP contribution in [0.15, 0.2) is 144 Å². The van der Waals surface area contributed by atoms with Crippen molar-refractivity contribution >= 4 is 44.2 Å². The van der Waals surface area contributed by atoms with Crippen molar-refractivity contribution < 1.29 is 0 Å². The Morgan fingerprint density at radius 2 is 0.810 bits per heavy atom. The fraction of sp³-hybridized carbons (Fsp3) is 0. The Kier molecular flexibility index (Phi) is 6.21. The van der Waals surface area contributed by atoms with Crippen molar-refractivity contribution in [1.82, 2.24) is 9.97 Å². The van der Waals surface area contributed by atoms with Gasteiger partial charge in [0, 0.05) is 34.3 Å². The molecule has 0 atom stereocenters. The molecular formula is C38H24N2S2. The summed E-state index contributed by atoms with van der Waals surface area (Å²) >= 11 is 3.34. The smallest absolute Gasteiger partial charge is 0.123 e. The van der Waals surface area contributed by atoms with E-state index in [9.17, 15) is 0 Å². The maximum absolute atomic E-state index is 4.52. The average molecular weight is 573 g/mol. The third kappa shape index (κ3) is 4.33. The first-order valence-corrected chi connectivity index (χ1v) is 15.6. The van der Waals surface area contributed by atoms with Crippen LogP contribution < -0.4 is 0 Å². The molecule has 0 aliphatic heterocycles. The molecule has 42 heavy (non-hydrogen) atoms. The minimum absolute atomic E-state index is 1.04. The number of nitrogens with zero attached hydrogens (tertiary/aromatic N) is 2. The van der Waals surface area contributed by atoms with Crippen LogP contribution in [0, 0.1) is 0 Å². The molecular weight excluding hydrogens is 549 g/mol. The van der Waals surface area contributed by atoms with Crippen molar-refractivity contribution in [2.24, 2.45) is 0 Å². The second-order valence-corrected chi connectivity index (χ2v) is 12.0. The Balaban J connectivity index is 1.40. The zero-order valence-corrected chi connectivity index (χ0v) is 24.2. The summed E-state index contributed by atoms with van der Waals surface area (Å²) in [6.45, 7) is 0. The molecule has 2 heterocycles. The van der Waals surface area contributed by atoms with E-state index in [0.29, 0.717) is 0 Å². The quantitative estimate of drug-likeness (QED) is 0.192. The van der Waals surface area contributed by atoms with E-state index in [0.717, 1.165) is 21.1 Å². The van der Waals surface area contributed by atoms with Gasteiger partial charge in [0.2, 0.25) is 0 Å². The van der Waals surface area contributed by atoms with Gasteiger partial charge in [0.25, 0.3) is 0 Å². The summed E-state index contributed by atoms with van der Waals surface area (Å²) in [5.41, 5.74) is 9.63. The zero-order valence-electron chi connectivity index (χ0n) is 22.6. The van der Waals surface area contributed by atoms with E-state index in [4.69, 9.17) is 0 Å². The molecule has 198 valence electrons. The number of thiazole rings is 2. The molecule has 2 aromatic heterocycles. The SMILES string of the molecule is c1ccc(-c2ccc3c(-c4ccc(-c5nccs5)cc4)c4ccccc4c(-c4ccc(-c5nccs5)cc4)c3c2)cc1. The maximum Gasteiger partial charge on any atom is 0.123 e. The second kappa shape index (κ2) is 10.5. The van der Waals surface area contributed by atoms with E-state index >= 15 is 0 Å². The Hall–Kier alpha value is -4.90. The minimum Gasteiger partial charge on any atom is -0.245 e. The van der Waals surface area contributed by atoms with Gasteiger partial charge in [-0.15, -0.1) is 22.7 Å². The van der Waals surface area contributed by atoms with Gasteiger partial charge < -0.3 is 0 Å². The number of rotatable bonds is 5. The number of fused-ring (bicyclic) bond motifs is 2. The average Bonchev–Trinajstić information content (AvgIpc) is 3.80. The third-order valence-electron chi connectivity index (χ3n) is 7.84. The molecule has 0 N–H and O–H groups in total. The summed E-state index contributed by atoms with van der Waals surface area (Å²) in [5.74, 6) is 0. The normalized spacial score (nSPS) is 11.3. The van der Waals surface area contributed by atoms with Crippen LogP contribution in [-0.4, -0.2) is 9.97 Å². The van der Waals surface area contributed by atoms with Gasteiger partial charge in [-0.1, -0.05) is 115 Å². The predicted molar refractivity (Wildman–Crippen MR) is 180 cm³/mol. The van der Waals surface area contributed by atoms with Crippen LogP contribution in [0.1, 0.15) is 0 Å². The Bertz CT molecular complexity index is 2150. The van der Waals surface area contributed by atoms with E-state index in [1.807, 2.05) is 23.2 Å². The van der Waals surface area contributed by atoms with Gasteiger partial charge in [-0.3, -0.25) is 0 Å². The molecule has 8 aromatic rings. The molecule has 0 radical (unpaired) electrons. The van der Waals surface area contributed by atoms with Crippen LogP contribution in [0.5, 0.6) is 0 Å². The summed E-state index contributed by atoms with van der Waals surface area (Å²) in [6, 6.07) is 44.2. The molecule has 4 heteroatoms. The first-order valence-electron chi connectivity index (χ1n) is 13.9. The lowest BCUT2D eigenvalue weighted by molar-refractivity contribution is 1.41. The van der Waals surface area contributed by atoms with E-state index in [1.54, 1.807) is 22.7 Å². The lowest BCUT2D eigenvalue weighted by atomic mass is 9.84. The van der Waals surface area contributed by atoms with E-state index in [-0.39, 0.29) is 0 Å². The van der Waals surface area contributed by atoms with Crippen LogP contribution in [0.3, 0.4) is 0 Å². The third-order valence-corrected chi connectivity index (χ3v) is 9.48. The van der Waals surface area contributed by atoms with Gasteiger partial charge in [-0.25, -0.2) is 9.97 Å². The van der Waals surface area contributed by atoms with Gasteiger partial charge in [0.1, 0.15) is 10.0 Å². The van der Waals surface area contributed by atoms with Crippen LogP contribution in [-0.2, 0) is 0 Å². The lowest BCUT2D eigenvalue weighted by Gasteiger charge is -2.19. The molecule has 0 bridgehead atoms. The van der Waals surface area contributed by atoms with Gasteiger partial charge in [-0.05, 0) is 61.0 Å². The Morgan fingerprint density at radius 3 is 1.33 bits per heavy atom. The van der Waals surface area contributed by atoms with Crippen molar-refractivity contribution in [2.75, 3.05) is 0 Å². The number of aromatic nitrogens is 2. The predicted octanol–water partition coefficient (Wildman–Crippen LogP) is 11.2. The molecule has 0 saturated carbocycles.